The Bertz CT molecular complexity index is 432. The third-order valence-electron chi connectivity index (χ3n) is 3.51. The van der Waals surface area contributed by atoms with Gasteiger partial charge in [-0.2, -0.15) is 0 Å². The summed E-state index contributed by atoms with van der Waals surface area (Å²) in [5.74, 6) is 0.0437. The molecule has 1 aliphatic rings. The quantitative estimate of drug-likeness (QED) is 0.865. The van der Waals surface area contributed by atoms with Crippen molar-refractivity contribution >= 4 is 11.6 Å². The van der Waals surface area contributed by atoms with Gasteiger partial charge in [0.25, 0.3) is 5.91 Å². The zero-order chi connectivity index (χ0) is 13.1. The van der Waals surface area contributed by atoms with Gasteiger partial charge in [-0.1, -0.05) is 44.5 Å². The minimum atomic E-state index is 0.0437. The fraction of sp³-hybridized carbons (Fsp3) is 0.400. The van der Waals surface area contributed by atoms with Crippen LogP contribution in [0.3, 0.4) is 0 Å². The zero-order valence-corrected chi connectivity index (χ0v) is 10.9. The fourth-order valence-corrected chi connectivity index (χ4v) is 2.48. The maximum absolute atomic E-state index is 12.4. The van der Waals surface area contributed by atoms with E-state index in [0.29, 0.717) is 6.54 Å². The van der Waals surface area contributed by atoms with Crippen LogP contribution in [0.15, 0.2) is 30.8 Å². The van der Waals surface area contributed by atoms with E-state index in [0.717, 1.165) is 36.1 Å². The molecule has 1 aromatic rings. The lowest BCUT2D eigenvalue weighted by molar-refractivity contribution is 0.0801. The summed E-state index contributed by atoms with van der Waals surface area (Å²) in [4.78, 5) is 14.2. The Morgan fingerprint density at radius 1 is 1.33 bits per heavy atom. The minimum Gasteiger partial charge on any atom is -0.328 e. The molecule has 18 heavy (non-hydrogen) atoms. The number of fused-ring (bicyclic) bond motifs is 1. The molecule has 96 valence electrons. The lowest BCUT2D eigenvalue weighted by atomic mass is 10.1. The van der Waals surface area contributed by atoms with Gasteiger partial charge in [0.05, 0.1) is 0 Å². The van der Waals surface area contributed by atoms with Crippen LogP contribution in [0, 0.1) is 0 Å². The van der Waals surface area contributed by atoms with Crippen molar-refractivity contribution in [3.8, 4) is 0 Å². The predicted octanol–water partition coefficient (Wildman–Crippen LogP) is 2.63. The second-order valence-corrected chi connectivity index (χ2v) is 4.70. The number of benzene rings is 1. The number of carbonyl (C=O) groups is 1. The fourth-order valence-electron chi connectivity index (χ4n) is 2.48. The molecule has 0 saturated carbocycles. The van der Waals surface area contributed by atoms with Crippen LogP contribution in [0.25, 0.3) is 5.70 Å². The lowest BCUT2D eigenvalue weighted by Gasteiger charge is -2.27. The number of nitrogens with two attached hydrogens (primary N) is 1. The van der Waals surface area contributed by atoms with E-state index in [1.54, 1.807) is 4.90 Å². The van der Waals surface area contributed by atoms with Gasteiger partial charge in [-0.15, -0.1) is 0 Å². The van der Waals surface area contributed by atoms with Crippen LogP contribution in [-0.4, -0.2) is 23.4 Å². The number of amides is 1. The molecule has 0 aliphatic carbocycles. The van der Waals surface area contributed by atoms with Gasteiger partial charge in [0.2, 0.25) is 0 Å². The summed E-state index contributed by atoms with van der Waals surface area (Å²) in [5, 5.41) is 0. The number of hydrogen-bond donors (Lipinski definition) is 1. The molecule has 1 amide bonds. The van der Waals surface area contributed by atoms with E-state index in [1.807, 2.05) is 24.3 Å². The summed E-state index contributed by atoms with van der Waals surface area (Å²) in [6.45, 7) is 6.68. The van der Waals surface area contributed by atoms with Crippen molar-refractivity contribution in [2.24, 2.45) is 5.73 Å². The average Bonchev–Trinajstić information content (AvgIpc) is 2.65. The van der Waals surface area contributed by atoms with Gasteiger partial charge in [-0.25, -0.2) is 0 Å². The molecule has 1 aromatic carbocycles. The molecule has 1 unspecified atom stereocenters. The third kappa shape index (κ3) is 2.06. The monoisotopic (exact) mass is 244 g/mol. The first-order valence-electron chi connectivity index (χ1n) is 6.52. The summed E-state index contributed by atoms with van der Waals surface area (Å²) < 4.78 is 0. The molecular formula is C15H20N2O. The van der Waals surface area contributed by atoms with Crippen LogP contribution in [0.2, 0.25) is 0 Å². The van der Waals surface area contributed by atoms with Gasteiger partial charge >= 0.3 is 0 Å². The largest absolute Gasteiger partial charge is 0.328 e. The SMILES string of the molecule is C=C1c2ccccc2C(=O)N1C(CN)CCCC. The van der Waals surface area contributed by atoms with Crippen LogP contribution < -0.4 is 5.73 Å². The van der Waals surface area contributed by atoms with E-state index in [2.05, 4.69) is 13.5 Å². The van der Waals surface area contributed by atoms with Gasteiger partial charge in [0.1, 0.15) is 0 Å². The standard InChI is InChI=1S/C15H20N2O/c1-3-4-7-12(10-16)17-11(2)13-8-5-6-9-14(13)15(17)18/h5-6,8-9,12H,2-4,7,10,16H2,1H3. The second kappa shape index (κ2) is 5.36. The van der Waals surface area contributed by atoms with Crippen molar-refractivity contribution in [3.63, 3.8) is 0 Å². The van der Waals surface area contributed by atoms with Crippen LogP contribution >= 0.6 is 0 Å². The third-order valence-corrected chi connectivity index (χ3v) is 3.51. The molecule has 0 bridgehead atoms. The molecule has 0 radical (unpaired) electrons. The normalized spacial score (nSPS) is 16.0. The Kier molecular flexibility index (Phi) is 3.82. The topological polar surface area (TPSA) is 46.3 Å². The summed E-state index contributed by atoms with van der Waals surface area (Å²) in [6, 6.07) is 7.69. The van der Waals surface area contributed by atoms with Crippen molar-refractivity contribution in [2.75, 3.05) is 6.54 Å². The van der Waals surface area contributed by atoms with E-state index in [9.17, 15) is 4.79 Å². The van der Waals surface area contributed by atoms with Crippen molar-refractivity contribution in [1.82, 2.24) is 4.90 Å². The van der Waals surface area contributed by atoms with Crippen molar-refractivity contribution in [2.45, 2.75) is 32.2 Å². The van der Waals surface area contributed by atoms with Crippen molar-refractivity contribution in [3.05, 3.63) is 42.0 Å². The van der Waals surface area contributed by atoms with Gasteiger partial charge in [0, 0.05) is 29.4 Å². The molecule has 1 heterocycles. The molecule has 1 aliphatic heterocycles. The Morgan fingerprint density at radius 2 is 2.00 bits per heavy atom. The highest BCUT2D eigenvalue weighted by Gasteiger charge is 2.34. The molecule has 2 rings (SSSR count). The summed E-state index contributed by atoms with van der Waals surface area (Å²) >= 11 is 0. The summed E-state index contributed by atoms with van der Waals surface area (Å²) in [7, 11) is 0. The number of unbranched alkanes of at least 4 members (excludes halogenated alkanes) is 1. The van der Waals surface area contributed by atoms with Crippen molar-refractivity contribution in [1.29, 1.82) is 0 Å². The summed E-state index contributed by atoms with van der Waals surface area (Å²) in [5.41, 5.74) is 8.30. The van der Waals surface area contributed by atoms with Crippen molar-refractivity contribution < 1.29 is 4.79 Å². The van der Waals surface area contributed by atoms with Gasteiger partial charge in [0.15, 0.2) is 0 Å². The van der Waals surface area contributed by atoms with E-state index in [4.69, 9.17) is 5.73 Å². The van der Waals surface area contributed by atoms with Crippen LogP contribution in [-0.2, 0) is 0 Å². The number of rotatable bonds is 5. The smallest absolute Gasteiger partial charge is 0.259 e. The summed E-state index contributed by atoms with van der Waals surface area (Å²) in [6.07, 6.45) is 3.12. The molecule has 3 nitrogen and oxygen atoms in total. The van der Waals surface area contributed by atoms with E-state index in [-0.39, 0.29) is 11.9 Å². The highest BCUT2D eigenvalue weighted by atomic mass is 16.2. The Balaban J connectivity index is 2.26. The molecule has 0 fully saturated rings. The minimum absolute atomic E-state index is 0.0437. The Morgan fingerprint density at radius 3 is 2.56 bits per heavy atom. The van der Waals surface area contributed by atoms with Gasteiger partial charge in [-0.3, -0.25) is 4.79 Å². The molecule has 2 N–H and O–H groups in total. The first-order valence-corrected chi connectivity index (χ1v) is 6.52. The number of hydrogen-bond acceptors (Lipinski definition) is 2. The van der Waals surface area contributed by atoms with E-state index in [1.165, 1.54) is 0 Å². The number of nitrogens with zero attached hydrogens (tertiary/aromatic N) is 1. The second-order valence-electron chi connectivity index (χ2n) is 4.70. The van der Waals surface area contributed by atoms with Gasteiger partial charge in [-0.05, 0) is 12.5 Å². The van der Waals surface area contributed by atoms with Gasteiger partial charge < -0.3 is 10.6 Å². The predicted molar refractivity (Wildman–Crippen MR) is 74.0 cm³/mol. The molecule has 0 aromatic heterocycles. The van der Waals surface area contributed by atoms with Crippen LogP contribution in [0.4, 0.5) is 0 Å². The zero-order valence-electron chi connectivity index (χ0n) is 10.9. The Hall–Kier alpha value is -1.61. The first-order chi connectivity index (χ1) is 8.70. The highest BCUT2D eigenvalue weighted by Crippen LogP contribution is 2.33. The molecule has 0 saturated heterocycles. The maximum Gasteiger partial charge on any atom is 0.259 e. The average molecular weight is 244 g/mol. The van der Waals surface area contributed by atoms with Crippen LogP contribution in [0.1, 0.15) is 42.1 Å². The molecular weight excluding hydrogens is 224 g/mol. The van der Waals surface area contributed by atoms with E-state index >= 15 is 0 Å². The van der Waals surface area contributed by atoms with Crippen LogP contribution in [0.5, 0.6) is 0 Å². The molecule has 3 heteroatoms. The van der Waals surface area contributed by atoms with E-state index < -0.39 is 0 Å². The maximum atomic E-state index is 12.4. The first kappa shape index (κ1) is 12.8. The molecule has 1 atom stereocenters. The Labute approximate surface area is 108 Å². The highest BCUT2D eigenvalue weighted by molar-refractivity contribution is 6.09. The molecule has 0 spiro atoms. The lowest BCUT2D eigenvalue weighted by Crippen LogP contribution is -2.40. The number of carbonyl (C=O) groups excluding carboxylic acids is 1.